The van der Waals surface area contributed by atoms with Gasteiger partial charge in [0.25, 0.3) is 0 Å². The van der Waals surface area contributed by atoms with Crippen LogP contribution >= 0.6 is 0 Å². The number of rotatable bonds is 26. The quantitative estimate of drug-likeness (QED) is 0.0789. The van der Waals surface area contributed by atoms with E-state index in [-0.39, 0.29) is 17.1 Å². The fraction of sp³-hybridized carbons (Fsp3) is 0.938. The second-order valence-corrected chi connectivity index (χ2v) is 15.2. The Labute approximate surface area is 240 Å². The molecule has 0 aromatic heterocycles. The molecule has 0 aliphatic heterocycles. The van der Waals surface area contributed by atoms with E-state index < -0.39 is 11.9 Å². The number of aliphatic carboxylic acids is 2. The molecule has 0 fully saturated rings. The molecular weight excluding hydrogens is 514 g/mol. The van der Waals surface area contributed by atoms with Crippen LogP contribution in [0.3, 0.4) is 0 Å². The van der Waals surface area contributed by atoms with E-state index >= 15 is 0 Å². The third-order valence-corrected chi connectivity index (χ3v) is 10.9. The van der Waals surface area contributed by atoms with Gasteiger partial charge in [-0.3, -0.25) is 9.59 Å². The number of hydrogen-bond donors (Lipinski definition) is 2. The summed E-state index contributed by atoms with van der Waals surface area (Å²) in [5, 5.41) is 20.1. The average molecular weight is 580 g/mol. The van der Waals surface area contributed by atoms with Crippen molar-refractivity contribution >= 4 is 11.9 Å². The molecule has 220 valence electrons. The normalized spacial score (nSPS) is 10.1. The van der Waals surface area contributed by atoms with Crippen LogP contribution in [0.4, 0.5) is 0 Å². The predicted molar refractivity (Wildman–Crippen MR) is 158 cm³/mol. The summed E-state index contributed by atoms with van der Waals surface area (Å²) in [6.07, 6.45) is 28.8. The van der Waals surface area contributed by atoms with Gasteiger partial charge in [0.05, 0.1) is 0 Å². The first-order valence-corrected chi connectivity index (χ1v) is 20.6. The predicted octanol–water partition coefficient (Wildman–Crippen LogP) is 11.5. The Morgan fingerprint density at radius 1 is 0.405 bits per heavy atom. The van der Waals surface area contributed by atoms with Crippen LogP contribution in [0.2, 0.25) is 10.0 Å². The number of hydrogen-bond acceptors (Lipinski definition) is 2. The molecule has 0 radical (unpaired) electrons. The van der Waals surface area contributed by atoms with Gasteiger partial charge in [0.2, 0.25) is 0 Å². The summed E-state index contributed by atoms with van der Waals surface area (Å²) in [4.78, 5) is 20.4. The van der Waals surface area contributed by atoms with Crippen LogP contribution in [0.5, 0.6) is 0 Å². The van der Waals surface area contributed by atoms with Crippen molar-refractivity contribution in [2.75, 3.05) is 0 Å². The SMILES string of the molecule is CCCCCCCCCCCC(=O)O.CCCCCCCCCCCC(=O)O.CCC[CH2][Zn][CH2]CCC. The van der Waals surface area contributed by atoms with E-state index in [0.717, 1.165) is 25.7 Å². The van der Waals surface area contributed by atoms with Gasteiger partial charge in [0.1, 0.15) is 0 Å². The molecule has 0 aliphatic carbocycles. The van der Waals surface area contributed by atoms with Crippen LogP contribution in [-0.2, 0) is 26.7 Å². The summed E-state index contributed by atoms with van der Waals surface area (Å²) in [6.45, 7) is 9.04. The minimum atomic E-state index is -0.659. The Morgan fingerprint density at radius 3 is 0.892 bits per heavy atom. The molecular formula is C32H66O4Zn. The van der Waals surface area contributed by atoms with Gasteiger partial charge in [-0.05, 0) is 12.8 Å². The van der Waals surface area contributed by atoms with Gasteiger partial charge >= 0.3 is 78.6 Å². The fourth-order valence-electron chi connectivity index (χ4n) is 4.20. The van der Waals surface area contributed by atoms with Gasteiger partial charge < -0.3 is 10.2 Å². The van der Waals surface area contributed by atoms with Gasteiger partial charge in [-0.15, -0.1) is 0 Å². The fourth-order valence-corrected chi connectivity index (χ4v) is 8.53. The zero-order valence-corrected chi connectivity index (χ0v) is 28.8. The topological polar surface area (TPSA) is 74.6 Å². The first-order valence-electron chi connectivity index (χ1n) is 16.4. The second-order valence-electron chi connectivity index (χ2n) is 10.7. The Balaban J connectivity index is -0.000000481. The van der Waals surface area contributed by atoms with Crippen molar-refractivity contribution in [3.63, 3.8) is 0 Å². The van der Waals surface area contributed by atoms with Gasteiger partial charge in [0.15, 0.2) is 0 Å². The number of carbonyl (C=O) groups is 2. The van der Waals surface area contributed by atoms with E-state index in [1.807, 2.05) is 0 Å². The van der Waals surface area contributed by atoms with Crippen LogP contribution < -0.4 is 0 Å². The average Bonchev–Trinajstić information content (AvgIpc) is 2.87. The molecule has 2 N–H and O–H groups in total. The Bertz CT molecular complexity index is 391. The number of unbranched alkanes of at least 4 members (excludes halogenated alkanes) is 18. The van der Waals surface area contributed by atoms with Crippen molar-refractivity contribution in [3.05, 3.63) is 0 Å². The Hall–Kier alpha value is -0.437. The van der Waals surface area contributed by atoms with Gasteiger partial charge in [-0.2, -0.15) is 0 Å². The number of carboxylic acid groups (broad SMARTS) is 2. The summed E-state index contributed by atoms with van der Waals surface area (Å²) < 4.78 is 0. The van der Waals surface area contributed by atoms with Crippen LogP contribution in [0, 0.1) is 0 Å². The molecule has 5 heteroatoms. The first kappa shape index (κ1) is 41.1. The van der Waals surface area contributed by atoms with Crippen LogP contribution in [0.15, 0.2) is 0 Å². The summed E-state index contributed by atoms with van der Waals surface area (Å²) in [7, 11) is 0. The molecule has 0 aliphatic rings. The van der Waals surface area contributed by atoms with Gasteiger partial charge in [-0.25, -0.2) is 0 Å². The van der Waals surface area contributed by atoms with E-state index in [1.165, 1.54) is 116 Å². The summed E-state index contributed by atoms with van der Waals surface area (Å²) >= 11 is 0.0146. The Morgan fingerprint density at radius 2 is 0.649 bits per heavy atom. The molecule has 0 bridgehead atoms. The van der Waals surface area contributed by atoms with Crippen LogP contribution in [0.25, 0.3) is 0 Å². The molecule has 0 spiro atoms. The Kier molecular flexibility index (Phi) is 44.5. The molecule has 0 saturated heterocycles. The molecule has 4 nitrogen and oxygen atoms in total. The summed E-state index contributed by atoms with van der Waals surface area (Å²) in [5.74, 6) is -1.32. The van der Waals surface area contributed by atoms with E-state index in [0.29, 0.717) is 12.8 Å². The van der Waals surface area contributed by atoms with Crippen molar-refractivity contribution in [1.82, 2.24) is 0 Å². The molecule has 0 atom stereocenters. The maximum absolute atomic E-state index is 10.2. The van der Waals surface area contributed by atoms with Crippen molar-refractivity contribution in [2.24, 2.45) is 0 Å². The molecule has 37 heavy (non-hydrogen) atoms. The van der Waals surface area contributed by atoms with Crippen molar-refractivity contribution in [1.29, 1.82) is 0 Å². The molecule has 0 saturated carbocycles. The molecule has 0 unspecified atom stereocenters. The zero-order valence-electron chi connectivity index (χ0n) is 25.8. The third-order valence-electron chi connectivity index (χ3n) is 6.70. The zero-order chi connectivity index (χ0) is 28.2. The minimum absolute atomic E-state index is 0.0146. The molecule has 0 heterocycles. The van der Waals surface area contributed by atoms with E-state index in [1.54, 1.807) is 10.0 Å². The summed E-state index contributed by atoms with van der Waals surface area (Å²) in [5.41, 5.74) is 0. The van der Waals surface area contributed by atoms with Crippen LogP contribution in [-0.4, -0.2) is 22.2 Å². The first-order chi connectivity index (χ1) is 18.0. The second kappa shape index (κ2) is 40.1. The van der Waals surface area contributed by atoms with Crippen molar-refractivity contribution in [3.8, 4) is 0 Å². The summed E-state index contributed by atoms with van der Waals surface area (Å²) in [6, 6.07) is 0. The van der Waals surface area contributed by atoms with E-state index in [9.17, 15) is 9.59 Å². The van der Waals surface area contributed by atoms with E-state index in [2.05, 4.69) is 27.7 Å². The standard InChI is InChI=1S/2C12H24O2.2C4H9.Zn/c2*1-2-3-4-5-6-7-8-9-10-11-12(13)14;2*1-3-4-2;/h2*2-11H2,1H3,(H,13,14);2*1,3-4H2,2H3;. The van der Waals surface area contributed by atoms with Crippen molar-refractivity contribution in [2.45, 2.75) is 192 Å². The molecule has 0 aromatic rings. The van der Waals surface area contributed by atoms with Crippen LogP contribution in [0.1, 0.15) is 182 Å². The van der Waals surface area contributed by atoms with Gasteiger partial charge in [0, 0.05) is 12.8 Å². The van der Waals surface area contributed by atoms with E-state index in [4.69, 9.17) is 10.2 Å². The molecule has 0 aromatic carbocycles. The maximum atomic E-state index is 10.2. The number of carboxylic acids is 2. The molecule has 0 amide bonds. The monoisotopic (exact) mass is 578 g/mol. The third kappa shape index (κ3) is 52.7. The molecule has 0 rings (SSSR count). The van der Waals surface area contributed by atoms with Gasteiger partial charge in [-0.1, -0.05) is 117 Å². The van der Waals surface area contributed by atoms with Crippen molar-refractivity contribution < 1.29 is 36.9 Å².